The van der Waals surface area contributed by atoms with E-state index in [0.29, 0.717) is 10.5 Å². The summed E-state index contributed by atoms with van der Waals surface area (Å²) < 4.78 is 56.7. The van der Waals surface area contributed by atoms with Gasteiger partial charge in [-0.05, 0) is 18.4 Å². The largest absolute Gasteiger partial charge is 0.466 e. The highest BCUT2D eigenvalue weighted by Crippen LogP contribution is 2.36. The van der Waals surface area contributed by atoms with E-state index in [0.717, 1.165) is 0 Å². The lowest BCUT2D eigenvalue weighted by molar-refractivity contribution is -0.217. The van der Waals surface area contributed by atoms with Crippen molar-refractivity contribution >= 4 is 18.0 Å². The standard InChI is InChI=1S/C21H26F3NO6/c1-4-29-17(26)10-15(21(22,23)24)18(30-11-14-8-6-5-7-9-14)19(27)25-16(13(2)3)12-31-20(25)28/h5-9,13,15-16,18H,4,10-12H2,1-3H3/t15-,16+,18-/m0/s1. The molecule has 0 aliphatic carbocycles. The van der Waals surface area contributed by atoms with Gasteiger partial charge in [-0.2, -0.15) is 13.2 Å². The number of halogens is 3. The number of cyclic esters (lactones) is 1. The van der Waals surface area contributed by atoms with Gasteiger partial charge >= 0.3 is 18.2 Å². The molecule has 0 radical (unpaired) electrons. The van der Waals surface area contributed by atoms with Gasteiger partial charge in [0.25, 0.3) is 5.91 Å². The van der Waals surface area contributed by atoms with E-state index < -0.39 is 48.6 Å². The van der Waals surface area contributed by atoms with Crippen LogP contribution in [0.1, 0.15) is 32.8 Å². The van der Waals surface area contributed by atoms with Crippen LogP contribution in [0.5, 0.6) is 0 Å². The minimum absolute atomic E-state index is 0.110. The first-order chi connectivity index (χ1) is 14.6. The molecule has 2 rings (SSSR count). The molecule has 0 aromatic heterocycles. The Hall–Kier alpha value is -2.62. The fraction of sp³-hybridized carbons (Fsp3) is 0.571. The minimum Gasteiger partial charge on any atom is -0.466 e. The van der Waals surface area contributed by atoms with Crippen molar-refractivity contribution in [3.05, 3.63) is 35.9 Å². The van der Waals surface area contributed by atoms with Crippen LogP contribution in [0.4, 0.5) is 18.0 Å². The van der Waals surface area contributed by atoms with Crippen LogP contribution in [0.3, 0.4) is 0 Å². The van der Waals surface area contributed by atoms with Crippen molar-refractivity contribution < 1.29 is 41.8 Å². The molecular weight excluding hydrogens is 419 g/mol. The van der Waals surface area contributed by atoms with E-state index in [9.17, 15) is 27.6 Å². The number of hydrogen-bond donors (Lipinski definition) is 0. The predicted molar refractivity (Wildman–Crippen MR) is 103 cm³/mol. The molecule has 2 amide bonds. The fourth-order valence-electron chi connectivity index (χ4n) is 3.23. The lowest BCUT2D eigenvalue weighted by Gasteiger charge is -2.32. The maximum Gasteiger partial charge on any atom is 0.417 e. The van der Waals surface area contributed by atoms with Crippen LogP contribution in [-0.4, -0.2) is 54.4 Å². The Bertz CT molecular complexity index is 768. The summed E-state index contributed by atoms with van der Waals surface area (Å²) in [4.78, 5) is 37.9. The predicted octanol–water partition coefficient (Wildman–Crippen LogP) is 3.71. The van der Waals surface area contributed by atoms with Crippen molar-refractivity contribution in [1.29, 1.82) is 0 Å². The van der Waals surface area contributed by atoms with E-state index in [2.05, 4.69) is 4.74 Å². The summed E-state index contributed by atoms with van der Waals surface area (Å²) in [5.74, 6) is -5.05. The molecule has 7 nitrogen and oxygen atoms in total. The lowest BCUT2D eigenvalue weighted by atomic mass is 9.95. The maximum atomic E-state index is 13.9. The molecule has 172 valence electrons. The van der Waals surface area contributed by atoms with E-state index in [1.807, 2.05) is 0 Å². The minimum atomic E-state index is -4.96. The number of benzene rings is 1. The summed E-state index contributed by atoms with van der Waals surface area (Å²) in [6, 6.07) is 7.56. The monoisotopic (exact) mass is 445 g/mol. The third-order valence-electron chi connectivity index (χ3n) is 4.91. The van der Waals surface area contributed by atoms with Gasteiger partial charge in [0, 0.05) is 0 Å². The number of ether oxygens (including phenoxy) is 3. The highest BCUT2D eigenvalue weighted by Gasteiger charge is 2.53. The first kappa shape index (κ1) is 24.6. The Morgan fingerprint density at radius 3 is 2.42 bits per heavy atom. The van der Waals surface area contributed by atoms with Gasteiger partial charge in [0.15, 0.2) is 0 Å². The number of esters is 1. The van der Waals surface area contributed by atoms with Gasteiger partial charge in [-0.25, -0.2) is 9.69 Å². The summed E-state index contributed by atoms with van der Waals surface area (Å²) in [5.41, 5.74) is 0.529. The van der Waals surface area contributed by atoms with Crippen LogP contribution in [0.15, 0.2) is 30.3 Å². The van der Waals surface area contributed by atoms with Gasteiger partial charge in [-0.15, -0.1) is 0 Å². The quantitative estimate of drug-likeness (QED) is 0.539. The third-order valence-corrected chi connectivity index (χ3v) is 4.91. The molecule has 0 unspecified atom stereocenters. The average molecular weight is 445 g/mol. The van der Waals surface area contributed by atoms with Crippen molar-refractivity contribution in [2.24, 2.45) is 11.8 Å². The average Bonchev–Trinajstić information content (AvgIpc) is 3.09. The summed E-state index contributed by atoms with van der Waals surface area (Å²) in [7, 11) is 0. The molecule has 1 aliphatic rings. The van der Waals surface area contributed by atoms with Crippen molar-refractivity contribution in [3.63, 3.8) is 0 Å². The van der Waals surface area contributed by atoms with Gasteiger partial charge in [-0.1, -0.05) is 44.2 Å². The number of amides is 2. The first-order valence-electron chi connectivity index (χ1n) is 9.93. The van der Waals surface area contributed by atoms with Gasteiger partial charge in [0.2, 0.25) is 0 Å². The lowest BCUT2D eigenvalue weighted by Crippen LogP contribution is -2.52. The molecule has 1 aliphatic heterocycles. The number of alkyl halides is 3. The van der Waals surface area contributed by atoms with Crippen LogP contribution < -0.4 is 0 Å². The van der Waals surface area contributed by atoms with Crippen molar-refractivity contribution in [3.8, 4) is 0 Å². The van der Waals surface area contributed by atoms with Crippen molar-refractivity contribution in [2.75, 3.05) is 13.2 Å². The molecule has 0 saturated carbocycles. The number of carbonyl (C=O) groups excluding carboxylic acids is 3. The molecule has 31 heavy (non-hydrogen) atoms. The molecule has 1 fully saturated rings. The van der Waals surface area contributed by atoms with Crippen molar-refractivity contribution in [2.45, 2.75) is 52.1 Å². The smallest absolute Gasteiger partial charge is 0.417 e. The fourth-order valence-corrected chi connectivity index (χ4v) is 3.23. The molecular formula is C21H26F3NO6. The molecule has 10 heteroatoms. The Labute approximate surface area is 178 Å². The molecule has 3 atom stereocenters. The van der Waals surface area contributed by atoms with Gasteiger partial charge in [-0.3, -0.25) is 9.59 Å². The second kappa shape index (κ2) is 10.6. The van der Waals surface area contributed by atoms with Crippen LogP contribution in [0, 0.1) is 11.8 Å². The number of hydrogen-bond acceptors (Lipinski definition) is 6. The molecule has 1 saturated heterocycles. The van der Waals surface area contributed by atoms with Crippen molar-refractivity contribution in [1.82, 2.24) is 4.90 Å². The maximum absolute atomic E-state index is 13.9. The molecule has 0 spiro atoms. The van der Waals surface area contributed by atoms with E-state index in [1.165, 1.54) is 6.92 Å². The van der Waals surface area contributed by atoms with E-state index in [-0.39, 0.29) is 25.7 Å². The van der Waals surface area contributed by atoms with Crippen LogP contribution >= 0.6 is 0 Å². The second-order valence-electron chi connectivity index (χ2n) is 7.47. The van der Waals surface area contributed by atoms with E-state index >= 15 is 0 Å². The summed E-state index contributed by atoms with van der Waals surface area (Å²) in [5, 5.41) is 0. The van der Waals surface area contributed by atoms with Crippen LogP contribution in [0.2, 0.25) is 0 Å². The number of imide groups is 1. The van der Waals surface area contributed by atoms with Gasteiger partial charge < -0.3 is 14.2 Å². The van der Waals surface area contributed by atoms with E-state index in [1.54, 1.807) is 44.2 Å². The Balaban J connectivity index is 2.38. The summed E-state index contributed by atoms with van der Waals surface area (Å²) in [6.07, 6.45) is -9.23. The third kappa shape index (κ3) is 6.43. The number of rotatable bonds is 9. The van der Waals surface area contributed by atoms with Crippen LogP contribution in [0.25, 0.3) is 0 Å². The SMILES string of the molecule is CCOC(=O)C[C@@H]([C@H](OCc1ccccc1)C(=O)N1C(=O)OC[C@@H]1C(C)C)C(F)(F)F. The molecule has 1 aromatic rings. The van der Waals surface area contributed by atoms with E-state index in [4.69, 9.17) is 9.47 Å². The molecule has 0 bridgehead atoms. The van der Waals surface area contributed by atoms with Gasteiger partial charge in [0.1, 0.15) is 18.6 Å². The summed E-state index contributed by atoms with van der Waals surface area (Å²) in [6.45, 7) is 4.34. The number of carbonyl (C=O) groups is 3. The number of nitrogens with zero attached hydrogens (tertiary/aromatic N) is 1. The van der Waals surface area contributed by atoms with Gasteiger partial charge in [0.05, 0.1) is 25.7 Å². The zero-order valence-electron chi connectivity index (χ0n) is 17.6. The highest BCUT2D eigenvalue weighted by atomic mass is 19.4. The topological polar surface area (TPSA) is 82.1 Å². The normalized spacial score (nSPS) is 18.6. The first-order valence-corrected chi connectivity index (χ1v) is 9.93. The molecule has 1 heterocycles. The molecule has 1 aromatic carbocycles. The highest BCUT2D eigenvalue weighted by molar-refractivity contribution is 5.96. The Morgan fingerprint density at radius 2 is 1.87 bits per heavy atom. The second-order valence-corrected chi connectivity index (χ2v) is 7.47. The zero-order chi connectivity index (χ0) is 23.2. The molecule has 0 N–H and O–H groups in total. The van der Waals surface area contributed by atoms with Crippen LogP contribution in [-0.2, 0) is 30.4 Å². The Morgan fingerprint density at radius 1 is 1.23 bits per heavy atom. The summed E-state index contributed by atoms with van der Waals surface area (Å²) >= 11 is 0. The Kier molecular flexibility index (Phi) is 8.43. The zero-order valence-corrected chi connectivity index (χ0v) is 17.6.